The Morgan fingerprint density at radius 3 is 2.79 bits per heavy atom. The van der Waals surface area contributed by atoms with Gasteiger partial charge in [0.05, 0.1) is 11.9 Å². The molecule has 144 valence electrons. The summed E-state index contributed by atoms with van der Waals surface area (Å²) in [4.78, 5) is 0. The monoisotopic (exact) mass is 410 g/mol. The summed E-state index contributed by atoms with van der Waals surface area (Å²) >= 11 is 11.5. The lowest BCUT2D eigenvalue weighted by atomic mass is 10.1. The minimum absolute atomic E-state index is 0.411. The van der Waals surface area contributed by atoms with Crippen molar-refractivity contribution in [2.24, 2.45) is 5.10 Å². The van der Waals surface area contributed by atoms with Crippen molar-refractivity contribution in [1.29, 1.82) is 0 Å². The maximum atomic E-state index is 6.14. The number of halogens is 1. The molecule has 3 aromatic rings. The molecule has 0 radical (unpaired) electrons. The Kier molecular flexibility index (Phi) is 6.49. The van der Waals surface area contributed by atoms with Gasteiger partial charge in [0.15, 0.2) is 5.11 Å². The summed E-state index contributed by atoms with van der Waals surface area (Å²) in [5, 5.41) is 8.49. The molecule has 28 heavy (non-hydrogen) atoms. The summed E-state index contributed by atoms with van der Waals surface area (Å²) in [5.41, 5.74) is 9.50. The molecular weight excluding hydrogens is 388 g/mol. The second kappa shape index (κ2) is 9.04. The van der Waals surface area contributed by atoms with Crippen LogP contribution in [0.25, 0.3) is 0 Å². The van der Waals surface area contributed by atoms with Crippen LogP contribution in [0, 0.1) is 20.8 Å². The van der Waals surface area contributed by atoms with E-state index < -0.39 is 0 Å². The fourth-order valence-corrected chi connectivity index (χ4v) is 3.23. The molecule has 0 saturated heterocycles. The quantitative estimate of drug-likeness (QED) is 0.334. The second-order valence-electron chi connectivity index (χ2n) is 6.73. The lowest BCUT2D eigenvalue weighted by Crippen LogP contribution is -2.24. The number of nitrogens with one attached hydrogen (secondary N) is 2. The van der Waals surface area contributed by atoms with Crippen LogP contribution in [0.4, 0.5) is 5.69 Å². The van der Waals surface area contributed by atoms with E-state index >= 15 is 0 Å². The van der Waals surface area contributed by atoms with Gasteiger partial charge in [-0.3, -0.25) is 5.43 Å². The van der Waals surface area contributed by atoms with Crippen molar-refractivity contribution in [2.45, 2.75) is 27.3 Å². The standard InChI is InChI=1S/C22H23ClN4S/c1-15-9-10-16(2)18(12-15)14-27-11-5-6-19(27)13-24-26-22(28)25-21-8-4-7-20(23)17(21)3/h4-13H,14H2,1-3H3,(H2,25,26,28). The topological polar surface area (TPSA) is 41.4 Å². The van der Waals surface area contributed by atoms with Gasteiger partial charge in [-0.15, -0.1) is 0 Å². The maximum Gasteiger partial charge on any atom is 0.191 e. The highest BCUT2D eigenvalue weighted by Gasteiger charge is 2.05. The first-order valence-corrected chi connectivity index (χ1v) is 9.79. The summed E-state index contributed by atoms with van der Waals surface area (Å²) in [6, 6.07) is 16.2. The lowest BCUT2D eigenvalue weighted by Gasteiger charge is -2.11. The molecule has 1 aromatic heterocycles. The van der Waals surface area contributed by atoms with Crippen molar-refractivity contribution in [3.63, 3.8) is 0 Å². The van der Waals surface area contributed by atoms with Crippen LogP contribution in [0.3, 0.4) is 0 Å². The van der Waals surface area contributed by atoms with Gasteiger partial charge < -0.3 is 9.88 Å². The normalized spacial score (nSPS) is 11.0. The van der Waals surface area contributed by atoms with E-state index in [-0.39, 0.29) is 0 Å². The maximum absolute atomic E-state index is 6.14. The van der Waals surface area contributed by atoms with Crippen molar-refractivity contribution in [3.8, 4) is 0 Å². The minimum atomic E-state index is 0.411. The molecule has 0 bridgehead atoms. The molecule has 0 amide bonds. The van der Waals surface area contributed by atoms with Crippen LogP contribution in [-0.2, 0) is 6.54 Å². The molecule has 0 aliphatic heterocycles. The third-order valence-corrected chi connectivity index (χ3v) is 5.19. The number of thiocarbonyl (C=S) groups is 1. The first-order valence-electron chi connectivity index (χ1n) is 9.00. The highest BCUT2D eigenvalue weighted by atomic mass is 35.5. The Morgan fingerprint density at radius 1 is 1.14 bits per heavy atom. The third-order valence-electron chi connectivity index (χ3n) is 4.59. The average Bonchev–Trinajstić information content (AvgIpc) is 3.09. The largest absolute Gasteiger partial charge is 0.342 e. The van der Waals surface area contributed by atoms with Crippen molar-refractivity contribution in [1.82, 2.24) is 9.99 Å². The molecule has 0 aliphatic rings. The van der Waals surface area contributed by atoms with E-state index in [1.807, 2.05) is 37.3 Å². The lowest BCUT2D eigenvalue weighted by molar-refractivity contribution is 0.793. The Balaban J connectivity index is 1.64. The Labute approximate surface area is 176 Å². The van der Waals surface area contributed by atoms with Crippen molar-refractivity contribution in [2.75, 3.05) is 5.32 Å². The molecule has 0 spiro atoms. The molecule has 6 heteroatoms. The van der Waals surface area contributed by atoms with Crippen LogP contribution in [0.2, 0.25) is 5.02 Å². The van der Waals surface area contributed by atoms with Gasteiger partial charge in [0, 0.05) is 23.5 Å². The van der Waals surface area contributed by atoms with Crippen LogP contribution in [0.15, 0.2) is 59.8 Å². The van der Waals surface area contributed by atoms with Crippen molar-refractivity contribution >= 4 is 40.8 Å². The predicted octanol–water partition coefficient (Wildman–Crippen LogP) is 5.44. The number of benzene rings is 2. The number of rotatable bonds is 5. The van der Waals surface area contributed by atoms with Crippen LogP contribution in [0.1, 0.15) is 27.9 Å². The summed E-state index contributed by atoms with van der Waals surface area (Å²) in [6.07, 6.45) is 3.82. The third kappa shape index (κ3) is 5.00. The number of hydrazone groups is 1. The summed E-state index contributed by atoms with van der Waals surface area (Å²) in [5.74, 6) is 0. The molecule has 4 nitrogen and oxygen atoms in total. The Hall–Kier alpha value is -2.63. The zero-order valence-electron chi connectivity index (χ0n) is 16.2. The zero-order chi connectivity index (χ0) is 20.1. The van der Waals surface area contributed by atoms with E-state index in [2.05, 4.69) is 58.7 Å². The van der Waals surface area contributed by atoms with E-state index in [9.17, 15) is 0 Å². The smallest absolute Gasteiger partial charge is 0.191 e. The van der Waals surface area contributed by atoms with Crippen LogP contribution in [-0.4, -0.2) is 15.9 Å². The molecule has 0 atom stereocenters. The predicted molar refractivity (Wildman–Crippen MR) is 123 cm³/mol. The SMILES string of the molecule is Cc1ccc(C)c(Cn2cccc2C=NNC(=S)Nc2cccc(Cl)c2C)c1. The zero-order valence-corrected chi connectivity index (χ0v) is 17.7. The highest BCUT2D eigenvalue weighted by Crippen LogP contribution is 2.22. The van der Waals surface area contributed by atoms with Crippen molar-refractivity contribution in [3.05, 3.63) is 87.7 Å². The van der Waals surface area contributed by atoms with Gasteiger partial charge in [0.2, 0.25) is 0 Å². The number of aromatic nitrogens is 1. The van der Waals surface area contributed by atoms with Crippen molar-refractivity contribution < 1.29 is 0 Å². The van der Waals surface area contributed by atoms with E-state index in [1.165, 1.54) is 16.7 Å². The summed E-state index contributed by atoms with van der Waals surface area (Å²) < 4.78 is 2.16. The van der Waals surface area contributed by atoms with Gasteiger partial charge in [-0.2, -0.15) is 5.10 Å². The molecule has 2 N–H and O–H groups in total. The van der Waals surface area contributed by atoms with Gasteiger partial charge >= 0.3 is 0 Å². The molecule has 2 aromatic carbocycles. The average molecular weight is 411 g/mol. The number of anilines is 1. The van der Waals surface area contributed by atoms with Crippen LogP contribution < -0.4 is 10.7 Å². The number of aryl methyl sites for hydroxylation is 2. The summed E-state index contributed by atoms with van der Waals surface area (Å²) in [6.45, 7) is 6.99. The molecule has 0 unspecified atom stereocenters. The second-order valence-corrected chi connectivity index (χ2v) is 7.54. The van der Waals surface area contributed by atoms with E-state index in [1.54, 1.807) is 6.21 Å². The first kappa shape index (κ1) is 20.1. The number of hydrogen-bond acceptors (Lipinski definition) is 2. The van der Waals surface area contributed by atoms with E-state index in [0.717, 1.165) is 23.5 Å². The molecule has 3 rings (SSSR count). The van der Waals surface area contributed by atoms with Gasteiger partial charge in [-0.1, -0.05) is 41.4 Å². The van der Waals surface area contributed by atoms with Gasteiger partial charge in [0.25, 0.3) is 0 Å². The van der Waals surface area contributed by atoms with E-state index in [0.29, 0.717) is 10.1 Å². The molecular formula is C22H23ClN4S. The Morgan fingerprint density at radius 2 is 1.96 bits per heavy atom. The van der Waals surface area contributed by atoms with Gasteiger partial charge in [-0.25, -0.2) is 0 Å². The summed E-state index contributed by atoms with van der Waals surface area (Å²) in [7, 11) is 0. The molecule has 0 aliphatic carbocycles. The van der Waals surface area contributed by atoms with Gasteiger partial charge in [-0.05, 0) is 73.9 Å². The fourth-order valence-electron chi connectivity index (χ4n) is 2.89. The minimum Gasteiger partial charge on any atom is -0.342 e. The Bertz CT molecular complexity index is 1020. The van der Waals surface area contributed by atoms with E-state index in [4.69, 9.17) is 23.8 Å². The molecule has 0 fully saturated rings. The number of hydrogen-bond donors (Lipinski definition) is 2. The first-order chi connectivity index (χ1) is 13.4. The van der Waals surface area contributed by atoms with Gasteiger partial charge in [0.1, 0.15) is 0 Å². The van der Waals surface area contributed by atoms with Crippen LogP contribution >= 0.6 is 23.8 Å². The fraction of sp³-hybridized carbons (Fsp3) is 0.182. The van der Waals surface area contributed by atoms with Crippen LogP contribution in [0.5, 0.6) is 0 Å². The number of nitrogens with zero attached hydrogens (tertiary/aromatic N) is 2. The molecule has 0 saturated carbocycles. The molecule has 1 heterocycles. The highest BCUT2D eigenvalue weighted by molar-refractivity contribution is 7.80.